The molecule has 8 heteroatoms. The van der Waals surface area contributed by atoms with Crippen LogP contribution in [-0.2, 0) is 10.3 Å². The van der Waals surface area contributed by atoms with Crippen LogP contribution in [0.4, 0.5) is 0 Å². The SMILES string of the molecule is COc1cc2c(cc1OS(N)(=O)=O)/C(=N/O)C[C@@H]1[C@@H]2CC[C@]2(C)CCC[C@@H]12. The number of nitrogens with two attached hydrogens (primary N) is 1. The van der Waals surface area contributed by atoms with Crippen molar-refractivity contribution in [2.45, 2.75) is 51.4 Å². The van der Waals surface area contributed by atoms with Gasteiger partial charge >= 0.3 is 10.3 Å². The van der Waals surface area contributed by atoms with E-state index in [2.05, 4.69) is 12.1 Å². The summed E-state index contributed by atoms with van der Waals surface area (Å²) in [5.74, 6) is 1.73. The van der Waals surface area contributed by atoms with E-state index in [0.29, 0.717) is 41.1 Å². The topological polar surface area (TPSA) is 111 Å². The van der Waals surface area contributed by atoms with Crippen molar-refractivity contribution < 1.29 is 22.5 Å². The van der Waals surface area contributed by atoms with Crippen LogP contribution in [0.25, 0.3) is 0 Å². The molecule has 3 aliphatic rings. The molecule has 0 saturated heterocycles. The molecule has 0 aromatic heterocycles. The van der Waals surface area contributed by atoms with E-state index in [1.165, 1.54) is 32.8 Å². The van der Waals surface area contributed by atoms with Crippen LogP contribution in [0.3, 0.4) is 0 Å². The van der Waals surface area contributed by atoms with E-state index in [4.69, 9.17) is 14.1 Å². The lowest BCUT2D eigenvalue weighted by Crippen LogP contribution is -2.41. The zero-order valence-corrected chi connectivity index (χ0v) is 16.5. The maximum Gasteiger partial charge on any atom is 0.380 e. The summed E-state index contributed by atoms with van der Waals surface area (Å²) in [4.78, 5) is 0. The Balaban J connectivity index is 1.81. The number of nitrogens with zero attached hydrogens (tertiary/aromatic N) is 1. The van der Waals surface area contributed by atoms with Crippen LogP contribution in [0, 0.1) is 17.3 Å². The second-order valence-corrected chi connectivity index (χ2v) is 9.53. The van der Waals surface area contributed by atoms with Crippen LogP contribution in [0.2, 0.25) is 0 Å². The standard InChI is InChI=1S/C19H26N2O5S/c1-19-6-3-4-15(19)13-8-16(21-22)14-10-18(26-27(20,23)24)17(25-2)9-12(14)11(13)5-7-19/h9-11,13,15,22H,3-8H2,1-2H3,(H2,20,23,24)/b21-16+/t11-,13-,15+,19+/m1/s1. The van der Waals surface area contributed by atoms with Gasteiger partial charge in [0.05, 0.1) is 12.8 Å². The van der Waals surface area contributed by atoms with Crippen LogP contribution in [0.15, 0.2) is 17.3 Å². The van der Waals surface area contributed by atoms with Crippen molar-refractivity contribution in [2.75, 3.05) is 7.11 Å². The van der Waals surface area contributed by atoms with E-state index in [9.17, 15) is 13.6 Å². The van der Waals surface area contributed by atoms with Crippen molar-refractivity contribution in [2.24, 2.45) is 27.5 Å². The summed E-state index contributed by atoms with van der Waals surface area (Å²) in [6, 6.07) is 3.40. The lowest BCUT2D eigenvalue weighted by Gasteiger charge is -2.49. The quantitative estimate of drug-likeness (QED) is 0.604. The maximum atomic E-state index is 11.4. The summed E-state index contributed by atoms with van der Waals surface area (Å²) in [6.07, 6.45) is 6.69. The molecule has 27 heavy (non-hydrogen) atoms. The predicted octanol–water partition coefficient (Wildman–Crippen LogP) is 3.16. The van der Waals surface area contributed by atoms with Crippen LogP contribution in [0.1, 0.15) is 62.5 Å². The summed E-state index contributed by atoms with van der Waals surface area (Å²) in [5.41, 5.74) is 2.72. The highest BCUT2D eigenvalue weighted by Gasteiger charge is 2.51. The zero-order chi connectivity index (χ0) is 19.4. The minimum absolute atomic E-state index is 0.0138. The minimum Gasteiger partial charge on any atom is -0.493 e. The van der Waals surface area contributed by atoms with Gasteiger partial charge in [0.25, 0.3) is 0 Å². The fourth-order valence-electron chi connectivity index (χ4n) is 5.86. The van der Waals surface area contributed by atoms with Crippen molar-refractivity contribution in [1.29, 1.82) is 0 Å². The molecule has 2 fully saturated rings. The number of rotatable bonds is 3. The molecule has 1 aromatic rings. The molecule has 4 atom stereocenters. The molecular weight excluding hydrogens is 368 g/mol. The van der Waals surface area contributed by atoms with Gasteiger partial charge in [-0.05, 0) is 73.0 Å². The monoisotopic (exact) mass is 394 g/mol. The number of ether oxygens (including phenoxy) is 1. The summed E-state index contributed by atoms with van der Waals surface area (Å²) >= 11 is 0. The summed E-state index contributed by atoms with van der Waals surface area (Å²) < 4.78 is 33.1. The number of oxime groups is 1. The number of benzene rings is 1. The zero-order valence-electron chi connectivity index (χ0n) is 15.6. The Hall–Kier alpha value is -1.80. The summed E-state index contributed by atoms with van der Waals surface area (Å²) in [5, 5.41) is 18.2. The second-order valence-electron chi connectivity index (χ2n) is 8.38. The molecule has 7 nitrogen and oxygen atoms in total. The third-order valence-corrected chi connectivity index (χ3v) is 7.43. The fraction of sp³-hybridized carbons (Fsp3) is 0.632. The first-order valence-electron chi connectivity index (χ1n) is 9.41. The number of methoxy groups -OCH3 is 1. The van der Waals surface area contributed by atoms with E-state index in [1.54, 1.807) is 6.07 Å². The third kappa shape index (κ3) is 3.08. The fourth-order valence-corrected chi connectivity index (χ4v) is 6.24. The first-order chi connectivity index (χ1) is 12.8. The predicted molar refractivity (Wildman–Crippen MR) is 101 cm³/mol. The van der Waals surface area contributed by atoms with E-state index < -0.39 is 10.3 Å². The molecule has 3 N–H and O–H groups in total. The Morgan fingerprint density at radius 2 is 2.04 bits per heavy atom. The van der Waals surface area contributed by atoms with Gasteiger partial charge in [0.1, 0.15) is 0 Å². The molecule has 0 amide bonds. The molecule has 2 saturated carbocycles. The Morgan fingerprint density at radius 1 is 1.26 bits per heavy atom. The number of hydrogen-bond donors (Lipinski definition) is 2. The number of fused-ring (bicyclic) bond motifs is 5. The Bertz CT molecular complexity index is 898. The van der Waals surface area contributed by atoms with Gasteiger partial charge in [-0.3, -0.25) is 0 Å². The van der Waals surface area contributed by atoms with Gasteiger partial charge in [0.2, 0.25) is 0 Å². The lowest BCUT2D eigenvalue weighted by molar-refractivity contribution is 0.0712. The molecule has 0 radical (unpaired) electrons. The highest BCUT2D eigenvalue weighted by Crippen LogP contribution is 2.61. The van der Waals surface area contributed by atoms with Crippen LogP contribution >= 0.6 is 0 Å². The highest BCUT2D eigenvalue weighted by molar-refractivity contribution is 7.84. The van der Waals surface area contributed by atoms with E-state index >= 15 is 0 Å². The average molecular weight is 394 g/mol. The smallest absolute Gasteiger partial charge is 0.380 e. The lowest BCUT2D eigenvalue weighted by atomic mass is 9.55. The summed E-state index contributed by atoms with van der Waals surface area (Å²) in [6.45, 7) is 2.40. The van der Waals surface area contributed by atoms with Crippen molar-refractivity contribution in [3.63, 3.8) is 0 Å². The van der Waals surface area contributed by atoms with Crippen LogP contribution < -0.4 is 14.1 Å². The Kier molecular flexibility index (Phi) is 4.38. The molecule has 0 heterocycles. The third-order valence-electron chi connectivity index (χ3n) is 7.02. The van der Waals surface area contributed by atoms with Crippen molar-refractivity contribution in [3.8, 4) is 11.5 Å². The number of hydrogen-bond acceptors (Lipinski definition) is 6. The van der Waals surface area contributed by atoms with Gasteiger partial charge in [-0.15, -0.1) is 0 Å². The van der Waals surface area contributed by atoms with Crippen molar-refractivity contribution in [1.82, 2.24) is 0 Å². The molecule has 1 aromatic carbocycles. The van der Waals surface area contributed by atoms with E-state index in [1.807, 2.05) is 6.07 Å². The molecule has 148 valence electrons. The van der Waals surface area contributed by atoms with Gasteiger partial charge in [-0.2, -0.15) is 13.6 Å². The van der Waals surface area contributed by atoms with Crippen molar-refractivity contribution in [3.05, 3.63) is 23.3 Å². The highest BCUT2D eigenvalue weighted by atomic mass is 32.2. The molecule has 0 bridgehead atoms. The molecule has 0 aliphatic heterocycles. The second kappa shape index (κ2) is 6.38. The Labute approximate surface area is 159 Å². The van der Waals surface area contributed by atoms with E-state index in [0.717, 1.165) is 17.5 Å². The molecular formula is C19H26N2O5S. The molecule has 0 unspecified atom stereocenters. The van der Waals surface area contributed by atoms with Crippen molar-refractivity contribution >= 4 is 16.0 Å². The first kappa shape index (κ1) is 18.6. The van der Waals surface area contributed by atoms with Gasteiger partial charge in [-0.1, -0.05) is 18.5 Å². The van der Waals surface area contributed by atoms with Crippen LogP contribution in [0.5, 0.6) is 11.5 Å². The minimum atomic E-state index is -4.19. The first-order valence-corrected chi connectivity index (χ1v) is 10.9. The average Bonchev–Trinajstić information content (AvgIpc) is 3.01. The molecule has 0 spiro atoms. The van der Waals surface area contributed by atoms with Gasteiger partial charge in [-0.25, -0.2) is 0 Å². The normalized spacial score (nSPS) is 33.9. The van der Waals surface area contributed by atoms with Gasteiger partial charge < -0.3 is 14.1 Å². The molecule has 3 aliphatic carbocycles. The van der Waals surface area contributed by atoms with Crippen LogP contribution in [-0.4, -0.2) is 26.4 Å². The van der Waals surface area contributed by atoms with Gasteiger partial charge in [0, 0.05) is 5.56 Å². The largest absolute Gasteiger partial charge is 0.493 e. The van der Waals surface area contributed by atoms with Gasteiger partial charge in [0.15, 0.2) is 11.5 Å². The van der Waals surface area contributed by atoms with E-state index in [-0.39, 0.29) is 5.75 Å². The summed E-state index contributed by atoms with van der Waals surface area (Å²) in [7, 11) is -2.72. The maximum absolute atomic E-state index is 11.4. The molecule has 4 rings (SSSR count). The Morgan fingerprint density at radius 3 is 2.70 bits per heavy atom.